The van der Waals surface area contributed by atoms with Gasteiger partial charge in [-0.15, -0.1) is 11.8 Å². The highest BCUT2D eigenvalue weighted by Crippen LogP contribution is 2.27. The molecule has 6 heteroatoms. The van der Waals surface area contributed by atoms with E-state index in [-0.39, 0.29) is 11.9 Å². The van der Waals surface area contributed by atoms with Gasteiger partial charge in [0, 0.05) is 23.6 Å². The van der Waals surface area contributed by atoms with Gasteiger partial charge in [-0.25, -0.2) is 4.79 Å². The second kappa shape index (κ2) is 9.28. The summed E-state index contributed by atoms with van der Waals surface area (Å²) >= 11 is 1.50. The summed E-state index contributed by atoms with van der Waals surface area (Å²) in [5.74, 6) is 0.838. The number of thioether (sulfide) groups is 1. The number of amides is 3. The Balaban J connectivity index is 2.49. The van der Waals surface area contributed by atoms with Crippen molar-refractivity contribution >= 4 is 29.4 Å². The molecule has 116 valence electrons. The highest BCUT2D eigenvalue weighted by atomic mass is 32.2. The fourth-order valence-corrected chi connectivity index (χ4v) is 2.57. The van der Waals surface area contributed by atoms with E-state index in [1.807, 2.05) is 24.3 Å². The first-order chi connectivity index (χ1) is 9.99. The second-order valence-electron chi connectivity index (χ2n) is 5.12. The third-order valence-corrected chi connectivity index (χ3v) is 3.82. The Morgan fingerprint density at radius 3 is 2.67 bits per heavy atom. The summed E-state index contributed by atoms with van der Waals surface area (Å²) in [7, 11) is 0. The average Bonchev–Trinajstić information content (AvgIpc) is 2.40. The van der Waals surface area contributed by atoms with Gasteiger partial charge >= 0.3 is 6.03 Å². The molecule has 21 heavy (non-hydrogen) atoms. The molecule has 0 spiro atoms. The zero-order chi connectivity index (χ0) is 15.7. The molecule has 0 aliphatic heterocycles. The van der Waals surface area contributed by atoms with Crippen LogP contribution in [0.2, 0.25) is 0 Å². The summed E-state index contributed by atoms with van der Waals surface area (Å²) < 4.78 is 0. The molecule has 1 aromatic rings. The third-order valence-electron chi connectivity index (χ3n) is 2.75. The summed E-state index contributed by atoms with van der Waals surface area (Å²) in [5.41, 5.74) is 5.87. The SMILES string of the molecule is CC(C)CCNC(=O)Nc1ccccc1SCCC(N)=O. The molecule has 0 heterocycles. The molecule has 4 N–H and O–H groups in total. The largest absolute Gasteiger partial charge is 0.370 e. The van der Waals surface area contributed by atoms with Crippen LogP contribution in [-0.2, 0) is 4.79 Å². The molecular formula is C15H23N3O2S. The van der Waals surface area contributed by atoms with E-state index in [1.165, 1.54) is 11.8 Å². The van der Waals surface area contributed by atoms with E-state index in [9.17, 15) is 9.59 Å². The fourth-order valence-electron chi connectivity index (χ4n) is 1.60. The number of carbonyl (C=O) groups is 2. The number of urea groups is 1. The number of primary amides is 1. The average molecular weight is 309 g/mol. The number of para-hydroxylation sites is 1. The van der Waals surface area contributed by atoms with Crippen molar-refractivity contribution in [1.29, 1.82) is 0 Å². The predicted molar refractivity (Wildman–Crippen MR) is 87.5 cm³/mol. The van der Waals surface area contributed by atoms with Crippen molar-refractivity contribution in [2.24, 2.45) is 11.7 Å². The van der Waals surface area contributed by atoms with Gasteiger partial charge in [0.05, 0.1) is 5.69 Å². The quantitative estimate of drug-likeness (QED) is 0.646. The molecule has 0 aliphatic carbocycles. The number of nitrogens with one attached hydrogen (secondary N) is 2. The van der Waals surface area contributed by atoms with Crippen LogP contribution in [0, 0.1) is 5.92 Å². The Morgan fingerprint density at radius 2 is 2.00 bits per heavy atom. The van der Waals surface area contributed by atoms with Crippen molar-refractivity contribution in [2.75, 3.05) is 17.6 Å². The standard InChI is InChI=1S/C15H23N3O2S/c1-11(2)7-9-17-15(20)18-12-5-3-4-6-13(12)21-10-8-14(16)19/h3-6,11H,7-10H2,1-2H3,(H2,16,19)(H2,17,18,20). The van der Waals surface area contributed by atoms with Crippen molar-refractivity contribution in [2.45, 2.75) is 31.6 Å². The number of hydrogen-bond donors (Lipinski definition) is 3. The van der Waals surface area contributed by atoms with Crippen molar-refractivity contribution in [3.63, 3.8) is 0 Å². The molecule has 3 amide bonds. The highest BCUT2D eigenvalue weighted by molar-refractivity contribution is 7.99. The minimum atomic E-state index is -0.320. The van der Waals surface area contributed by atoms with Crippen LogP contribution in [0.3, 0.4) is 0 Å². The molecule has 1 rings (SSSR count). The van der Waals surface area contributed by atoms with Crippen molar-refractivity contribution in [3.05, 3.63) is 24.3 Å². The van der Waals surface area contributed by atoms with Gasteiger partial charge in [-0.05, 0) is 24.5 Å². The Hall–Kier alpha value is -1.69. The van der Waals surface area contributed by atoms with E-state index in [4.69, 9.17) is 5.73 Å². The molecule has 0 saturated carbocycles. The van der Waals surface area contributed by atoms with E-state index < -0.39 is 0 Å². The van der Waals surface area contributed by atoms with Crippen LogP contribution in [0.4, 0.5) is 10.5 Å². The third kappa shape index (κ3) is 7.60. The zero-order valence-electron chi connectivity index (χ0n) is 12.5. The van der Waals surface area contributed by atoms with Gasteiger partial charge in [0.25, 0.3) is 0 Å². The van der Waals surface area contributed by atoms with E-state index in [0.29, 0.717) is 24.6 Å². The summed E-state index contributed by atoms with van der Waals surface area (Å²) in [5, 5.41) is 5.67. The summed E-state index contributed by atoms with van der Waals surface area (Å²) in [6.45, 7) is 4.88. The van der Waals surface area contributed by atoms with Crippen LogP contribution in [0.25, 0.3) is 0 Å². The van der Waals surface area contributed by atoms with Gasteiger partial charge in [-0.2, -0.15) is 0 Å². The number of rotatable bonds is 8. The van der Waals surface area contributed by atoms with Crippen LogP contribution in [-0.4, -0.2) is 24.2 Å². The Kier molecular flexibility index (Phi) is 7.68. The maximum absolute atomic E-state index is 11.8. The number of nitrogens with two attached hydrogens (primary N) is 1. The number of anilines is 1. The molecule has 0 saturated heterocycles. The monoisotopic (exact) mass is 309 g/mol. The molecule has 0 fully saturated rings. The molecule has 1 aromatic carbocycles. The molecule has 5 nitrogen and oxygen atoms in total. The fraction of sp³-hybridized carbons (Fsp3) is 0.467. The van der Waals surface area contributed by atoms with Crippen LogP contribution < -0.4 is 16.4 Å². The maximum Gasteiger partial charge on any atom is 0.319 e. The first-order valence-electron chi connectivity index (χ1n) is 7.04. The highest BCUT2D eigenvalue weighted by Gasteiger charge is 2.07. The predicted octanol–water partition coefficient (Wildman–Crippen LogP) is 2.82. The van der Waals surface area contributed by atoms with E-state index >= 15 is 0 Å². The van der Waals surface area contributed by atoms with Crippen LogP contribution in [0.5, 0.6) is 0 Å². The summed E-state index contributed by atoms with van der Waals surface area (Å²) in [6, 6.07) is 7.30. The zero-order valence-corrected chi connectivity index (χ0v) is 13.3. The molecule has 0 aromatic heterocycles. The first kappa shape index (κ1) is 17.4. The van der Waals surface area contributed by atoms with Crippen LogP contribution in [0.1, 0.15) is 26.7 Å². The van der Waals surface area contributed by atoms with E-state index in [0.717, 1.165) is 17.0 Å². The Bertz CT molecular complexity index is 478. The normalized spacial score (nSPS) is 10.4. The summed E-state index contributed by atoms with van der Waals surface area (Å²) in [4.78, 5) is 23.5. The lowest BCUT2D eigenvalue weighted by molar-refractivity contribution is -0.117. The minimum absolute atomic E-state index is 0.210. The van der Waals surface area contributed by atoms with Crippen molar-refractivity contribution < 1.29 is 9.59 Å². The van der Waals surface area contributed by atoms with Gasteiger partial charge in [0.1, 0.15) is 0 Å². The van der Waals surface area contributed by atoms with Crippen molar-refractivity contribution in [1.82, 2.24) is 5.32 Å². The van der Waals surface area contributed by atoms with E-state index in [2.05, 4.69) is 24.5 Å². The molecule has 0 radical (unpaired) electrons. The molecule has 0 atom stereocenters. The Morgan fingerprint density at radius 1 is 1.29 bits per heavy atom. The number of carbonyl (C=O) groups excluding carboxylic acids is 2. The van der Waals surface area contributed by atoms with Crippen LogP contribution in [0.15, 0.2) is 29.2 Å². The molecule has 0 aliphatic rings. The van der Waals surface area contributed by atoms with E-state index in [1.54, 1.807) is 0 Å². The lowest BCUT2D eigenvalue weighted by Crippen LogP contribution is -2.30. The van der Waals surface area contributed by atoms with Gasteiger partial charge in [-0.1, -0.05) is 26.0 Å². The molecule has 0 bridgehead atoms. The minimum Gasteiger partial charge on any atom is -0.370 e. The van der Waals surface area contributed by atoms with Gasteiger partial charge in [0.15, 0.2) is 0 Å². The smallest absolute Gasteiger partial charge is 0.319 e. The number of benzene rings is 1. The van der Waals surface area contributed by atoms with Gasteiger partial charge < -0.3 is 16.4 Å². The van der Waals surface area contributed by atoms with Gasteiger partial charge in [-0.3, -0.25) is 4.79 Å². The molecular weight excluding hydrogens is 286 g/mol. The van der Waals surface area contributed by atoms with Crippen LogP contribution >= 0.6 is 11.8 Å². The lowest BCUT2D eigenvalue weighted by atomic mass is 10.1. The first-order valence-corrected chi connectivity index (χ1v) is 8.02. The number of hydrogen-bond acceptors (Lipinski definition) is 3. The second-order valence-corrected chi connectivity index (χ2v) is 6.26. The maximum atomic E-state index is 11.8. The Labute approximate surface area is 130 Å². The summed E-state index contributed by atoms with van der Waals surface area (Å²) in [6.07, 6.45) is 1.27. The lowest BCUT2D eigenvalue weighted by Gasteiger charge is -2.12. The molecule has 0 unspecified atom stereocenters. The van der Waals surface area contributed by atoms with Crippen molar-refractivity contribution in [3.8, 4) is 0 Å². The topological polar surface area (TPSA) is 84.2 Å². The van der Waals surface area contributed by atoms with Gasteiger partial charge in [0.2, 0.25) is 5.91 Å².